The van der Waals surface area contributed by atoms with Crippen molar-refractivity contribution < 1.29 is 14.0 Å². The molecule has 2 saturated heterocycles. The summed E-state index contributed by atoms with van der Waals surface area (Å²) >= 11 is 0. The molecule has 2 amide bonds. The molecule has 1 aromatic rings. The molecule has 0 aromatic carbocycles. The van der Waals surface area contributed by atoms with Crippen molar-refractivity contribution >= 4 is 11.8 Å². The summed E-state index contributed by atoms with van der Waals surface area (Å²) < 4.78 is 5.14. The number of hydrogen-bond acceptors (Lipinski definition) is 3. The maximum absolute atomic E-state index is 12.8. The monoisotopic (exact) mass is 356 g/mol. The van der Waals surface area contributed by atoms with Crippen LogP contribution in [0.4, 0.5) is 0 Å². The average Bonchev–Trinajstić information content (AvgIpc) is 3.19. The van der Waals surface area contributed by atoms with Crippen LogP contribution in [-0.2, 0) is 16.1 Å². The van der Waals surface area contributed by atoms with E-state index >= 15 is 0 Å². The first kappa shape index (κ1) is 17.4. The van der Waals surface area contributed by atoms with E-state index in [4.69, 9.17) is 4.42 Å². The van der Waals surface area contributed by atoms with Crippen LogP contribution in [0.25, 0.3) is 0 Å². The van der Waals surface area contributed by atoms with Crippen molar-refractivity contribution in [3.63, 3.8) is 0 Å². The molecule has 140 valence electrons. The van der Waals surface area contributed by atoms with Gasteiger partial charge in [-0.25, -0.2) is 0 Å². The van der Waals surface area contributed by atoms with E-state index in [1.807, 2.05) is 11.0 Å². The molecule has 0 bridgehead atoms. The Bertz CT molecular complexity index is 671. The third-order valence-electron chi connectivity index (χ3n) is 6.46. The molecular formula is C21H28N2O3. The first-order valence-corrected chi connectivity index (χ1v) is 9.88. The largest absolute Gasteiger partial charge is 0.472 e. The molecule has 0 N–H and O–H groups in total. The highest BCUT2D eigenvalue weighted by Crippen LogP contribution is 2.41. The molecule has 0 saturated carbocycles. The van der Waals surface area contributed by atoms with E-state index in [1.54, 1.807) is 12.5 Å². The molecule has 1 aromatic heterocycles. The Balaban J connectivity index is 1.35. The first-order chi connectivity index (χ1) is 12.7. The van der Waals surface area contributed by atoms with Crippen molar-refractivity contribution in [2.45, 2.75) is 51.5 Å². The molecule has 1 aliphatic carbocycles. The van der Waals surface area contributed by atoms with Crippen LogP contribution >= 0.6 is 0 Å². The molecule has 0 unspecified atom stereocenters. The minimum absolute atomic E-state index is 0.180. The van der Waals surface area contributed by atoms with Gasteiger partial charge in [-0.05, 0) is 50.0 Å². The minimum atomic E-state index is 0.180. The zero-order chi connectivity index (χ0) is 18.0. The smallest absolute Gasteiger partial charge is 0.226 e. The van der Waals surface area contributed by atoms with Gasteiger partial charge in [0.25, 0.3) is 0 Å². The van der Waals surface area contributed by atoms with Crippen LogP contribution in [0.2, 0.25) is 0 Å². The Kier molecular flexibility index (Phi) is 4.88. The second-order valence-corrected chi connectivity index (χ2v) is 8.19. The van der Waals surface area contributed by atoms with E-state index in [9.17, 15) is 9.59 Å². The second kappa shape index (κ2) is 7.29. The van der Waals surface area contributed by atoms with Gasteiger partial charge in [0.1, 0.15) is 0 Å². The predicted molar refractivity (Wildman–Crippen MR) is 98.1 cm³/mol. The maximum atomic E-state index is 12.8. The summed E-state index contributed by atoms with van der Waals surface area (Å²) in [5, 5.41) is 0. The molecule has 2 fully saturated rings. The van der Waals surface area contributed by atoms with Crippen LogP contribution < -0.4 is 0 Å². The molecular weight excluding hydrogens is 328 g/mol. The average molecular weight is 356 g/mol. The molecule has 2 aliphatic heterocycles. The highest BCUT2D eigenvalue weighted by Gasteiger charge is 2.42. The molecule has 5 nitrogen and oxygen atoms in total. The van der Waals surface area contributed by atoms with E-state index in [2.05, 4.69) is 17.1 Å². The van der Waals surface area contributed by atoms with E-state index in [0.29, 0.717) is 18.9 Å². The van der Waals surface area contributed by atoms with Gasteiger partial charge in [0.2, 0.25) is 11.8 Å². The highest BCUT2D eigenvalue weighted by atomic mass is 16.3. The maximum Gasteiger partial charge on any atom is 0.226 e. The van der Waals surface area contributed by atoms with Gasteiger partial charge in [0.15, 0.2) is 0 Å². The second-order valence-electron chi connectivity index (χ2n) is 8.19. The number of allylic oxidation sites excluding steroid dienone is 2. The number of hydrogen-bond donors (Lipinski definition) is 0. The van der Waals surface area contributed by atoms with Crippen LogP contribution in [0.3, 0.4) is 0 Å². The summed E-state index contributed by atoms with van der Waals surface area (Å²) in [5.74, 6) is 0.759. The summed E-state index contributed by atoms with van der Waals surface area (Å²) in [6.07, 6.45) is 14.2. The van der Waals surface area contributed by atoms with Crippen LogP contribution in [0.1, 0.15) is 50.5 Å². The number of likely N-dealkylation sites (tertiary alicyclic amines) is 2. The number of furan rings is 1. The zero-order valence-electron chi connectivity index (χ0n) is 15.4. The quantitative estimate of drug-likeness (QED) is 0.780. The van der Waals surface area contributed by atoms with Crippen molar-refractivity contribution in [3.05, 3.63) is 36.3 Å². The van der Waals surface area contributed by atoms with Gasteiger partial charge in [-0.3, -0.25) is 9.59 Å². The van der Waals surface area contributed by atoms with Crippen molar-refractivity contribution in [3.8, 4) is 0 Å². The topological polar surface area (TPSA) is 53.8 Å². The lowest BCUT2D eigenvalue weighted by Gasteiger charge is -2.48. The van der Waals surface area contributed by atoms with Crippen molar-refractivity contribution in [1.82, 2.24) is 9.80 Å². The third kappa shape index (κ3) is 3.57. The summed E-state index contributed by atoms with van der Waals surface area (Å²) in [4.78, 5) is 29.2. The summed E-state index contributed by atoms with van der Waals surface area (Å²) in [6, 6.07) is 1.93. The van der Waals surface area contributed by atoms with Crippen LogP contribution in [0.15, 0.2) is 35.2 Å². The minimum Gasteiger partial charge on any atom is -0.472 e. The van der Waals surface area contributed by atoms with Gasteiger partial charge in [-0.2, -0.15) is 0 Å². The third-order valence-corrected chi connectivity index (χ3v) is 6.46. The molecule has 0 radical (unpaired) electrons. The number of carbonyl (C=O) groups is 2. The highest BCUT2D eigenvalue weighted by molar-refractivity contribution is 5.79. The fourth-order valence-corrected chi connectivity index (χ4v) is 4.74. The fraction of sp³-hybridized carbons (Fsp3) is 0.619. The summed E-state index contributed by atoms with van der Waals surface area (Å²) in [6.45, 7) is 3.12. The van der Waals surface area contributed by atoms with Crippen LogP contribution in [0.5, 0.6) is 0 Å². The normalized spacial score (nSPS) is 25.7. The van der Waals surface area contributed by atoms with Crippen LogP contribution in [0, 0.1) is 11.3 Å². The summed E-state index contributed by atoms with van der Waals surface area (Å²) in [7, 11) is 0. The van der Waals surface area contributed by atoms with Gasteiger partial charge in [-0.15, -0.1) is 0 Å². The van der Waals surface area contributed by atoms with Crippen LogP contribution in [-0.4, -0.2) is 41.2 Å². The van der Waals surface area contributed by atoms with Crippen molar-refractivity contribution in [2.24, 2.45) is 11.3 Å². The SMILES string of the molecule is O=C1CCC2(CCN(C(=O)[C@H]3CC=CCC3)CC2)CN1Cc1ccoc1. The Morgan fingerprint density at radius 1 is 1.23 bits per heavy atom. The molecule has 3 heterocycles. The Labute approximate surface area is 155 Å². The Morgan fingerprint density at radius 3 is 2.77 bits per heavy atom. The zero-order valence-corrected chi connectivity index (χ0v) is 15.4. The standard InChI is InChI=1S/C21H28N2O3/c24-19-6-8-21(16-23(19)14-17-7-13-26-15-17)9-11-22(12-10-21)20(25)18-4-2-1-3-5-18/h1-2,7,13,15,18H,3-6,8-12,14,16H2/t18-/m0/s1. The molecule has 3 aliphatic rings. The van der Waals surface area contributed by atoms with Crippen molar-refractivity contribution in [2.75, 3.05) is 19.6 Å². The van der Waals surface area contributed by atoms with E-state index in [0.717, 1.165) is 63.7 Å². The summed E-state index contributed by atoms with van der Waals surface area (Å²) in [5.41, 5.74) is 1.23. The number of carbonyl (C=O) groups excluding carboxylic acids is 2. The van der Waals surface area contributed by atoms with E-state index < -0.39 is 0 Å². The van der Waals surface area contributed by atoms with Gasteiger partial charge in [0, 0.05) is 44.1 Å². The Hall–Kier alpha value is -2.04. The number of nitrogens with zero attached hydrogens (tertiary/aromatic N) is 2. The molecule has 26 heavy (non-hydrogen) atoms. The Morgan fingerprint density at radius 2 is 2.08 bits per heavy atom. The number of rotatable bonds is 3. The number of amides is 2. The fourth-order valence-electron chi connectivity index (χ4n) is 4.74. The van der Waals surface area contributed by atoms with E-state index in [-0.39, 0.29) is 17.2 Å². The van der Waals surface area contributed by atoms with Crippen molar-refractivity contribution in [1.29, 1.82) is 0 Å². The lowest BCUT2D eigenvalue weighted by molar-refractivity contribution is -0.144. The van der Waals surface area contributed by atoms with E-state index in [1.165, 1.54) is 0 Å². The van der Waals surface area contributed by atoms with Gasteiger partial charge >= 0.3 is 0 Å². The number of piperidine rings is 2. The first-order valence-electron chi connectivity index (χ1n) is 9.88. The lowest BCUT2D eigenvalue weighted by atomic mass is 9.72. The molecule has 4 rings (SSSR count). The molecule has 5 heteroatoms. The molecule has 1 spiro atoms. The van der Waals surface area contributed by atoms with Gasteiger partial charge in [0.05, 0.1) is 12.5 Å². The molecule has 1 atom stereocenters. The van der Waals surface area contributed by atoms with Gasteiger partial charge in [-0.1, -0.05) is 12.2 Å². The lowest BCUT2D eigenvalue weighted by Crippen LogP contribution is -2.52. The predicted octanol–water partition coefficient (Wildman–Crippen LogP) is 3.37. The van der Waals surface area contributed by atoms with Gasteiger partial charge < -0.3 is 14.2 Å².